The van der Waals surface area contributed by atoms with Crippen molar-refractivity contribution in [2.45, 2.75) is 0 Å². The summed E-state index contributed by atoms with van der Waals surface area (Å²) >= 11 is 0. The fraction of sp³-hybridized carbons (Fsp3) is 0.769. The van der Waals surface area contributed by atoms with Crippen LogP contribution in [0.4, 0.5) is 17.8 Å². The zero-order valence-corrected chi connectivity index (χ0v) is 14.4. The Hall–Kier alpha value is -1.71. The van der Waals surface area contributed by atoms with Crippen LogP contribution in [0.2, 0.25) is 0 Å². The summed E-state index contributed by atoms with van der Waals surface area (Å²) in [5.41, 5.74) is 0. The van der Waals surface area contributed by atoms with E-state index in [0.717, 1.165) is 26.2 Å². The molecule has 0 radical (unpaired) electrons. The molecule has 0 saturated carbocycles. The molecule has 2 N–H and O–H groups in total. The van der Waals surface area contributed by atoms with Crippen molar-refractivity contribution in [2.24, 2.45) is 0 Å². The highest BCUT2D eigenvalue weighted by Gasteiger charge is 2.10. The smallest absolute Gasteiger partial charge is 0.256 e. The Morgan fingerprint density at radius 1 is 0.818 bits per heavy atom. The van der Waals surface area contributed by atoms with Gasteiger partial charge in [0.25, 0.3) is 5.95 Å². The lowest BCUT2D eigenvalue weighted by molar-refractivity contribution is 0.180. The maximum absolute atomic E-state index is 5.14. The minimum absolute atomic E-state index is 0.456. The fourth-order valence-electron chi connectivity index (χ4n) is 1.53. The second-order valence-electron chi connectivity index (χ2n) is 5.42. The molecule has 1 rings (SSSR count). The molecule has 1 aromatic rings. The molecule has 0 atom stereocenters. The minimum Gasteiger partial charge on any atom is -0.353 e. The number of hydrogen-bond donors (Lipinski definition) is 2. The van der Waals surface area contributed by atoms with Crippen molar-refractivity contribution in [3.63, 3.8) is 0 Å². The molecular weight excluding hydrogens is 284 g/mol. The van der Waals surface area contributed by atoms with Crippen LogP contribution in [-0.2, 0) is 4.84 Å². The van der Waals surface area contributed by atoms with E-state index in [0.29, 0.717) is 17.8 Å². The number of hydroxylamine groups is 1. The molecule has 22 heavy (non-hydrogen) atoms. The van der Waals surface area contributed by atoms with Gasteiger partial charge >= 0.3 is 0 Å². The van der Waals surface area contributed by atoms with Gasteiger partial charge < -0.3 is 20.4 Å². The highest BCUT2D eigenvalue weighted by atomic mass is 16.7. The van der Waals surface area contributed by atoms with E-state index < -0.39 is 0 Å². The van der Waals surface area contributed by atoms with Gasteiger partial charge in [-0.25, -0.2) is 5.06 Å². The van der Waals surface area contributed by atoms with E-state index in [1.54, 1.807) is 14.2 Å². The third-order valence-corrected chi connectivity index (χ3v) is 2.86. The monoisotopic (exact) mass is 312 g/mol. The molecule has 0 amide bonds. The van der Waals surface area contributed by atoms with Crippen LogP contribution in [0.1, 0.15) is 0 Å². The lowest BCUT2D eigenvalue weighted by Crippen LogP contribution is -2.25. The van der Waals surface area contributed by atoms with Crippen molar-refractivity contribution < 1.29 is 4.84 Å². The third kappa shape index (κ3) is 6.83. The van der Waals surface area contributed by atoms with Crippen LogP contribution in [0.5, 0.6) is 0 Å². The minimum atomic E-state index is 0.456. The van der Waals surface area contributed by atoms with Crippen molar-refractivity contribution in [3.8, 4) is 0 Å². The van der Waals surface area contributed by atoms with E-state index in [9.17, 15) is 0 Å². The maximum Gasteiger partial charge on any atom is 0.256 e. The Bertz CT molecular complexity index is 408. The van der Waals surface area contributed by atoms with E-state index >= 15 is 0 Å². The number of nitrogens with one attached hydrogen (secondary N) is 2. The van der Waals surface area contributed by atoms with Crippen molar-refractivity contribution in [3.05, 3.63) is 0 Å². The molecular formula is C13H28N8O. The van der Waals surface area contributed by atoms with E-state index in [4.69, 9.17) is 4.84 Å². The molecule has 0 aromatic carbocycles. The van der Waals surface area contributed by atoms with Crippen LogP contribution in [-0.4, -0.2) is 93.3 Å². The van der Waals surface area contributed by atoms with Crippen molar-refractivity contribution in [2.75, 3.05) is 84.2 Å². The van der Waals surface area contributed by atoms with Crippen LogP contribution in [0.3, 0.4) is 0 Å². The molecule has 0 aliphatic rings. The van der Waals surface area contributed by atoms with Gasteiger partial charge in [0.05, 0.1) is 7.11 Å². The highest BCUT2D eigenvalue weighted by molar-refractivity contribution is 5.42. The van der Waals surface area contributed by atoms with Crippen molar-refractivity contribution in [1.29, 1.82) is 0 Å². The summed E-state index contributed by atoms with van der Waals surface area (Å²) in [6, 6.07) is 0. The topological polar surface area (TPSA) is 81.7 Å². The average Bonchev–Trinajstić information content (AvgIpc) is 2.45. The number of anilines is 3. The number of aromatic nitrogens is 3. The zero-order valence-electron chi connectivity index (χ0n) is 14.4. The van der Waals surface area contributed by atoms with Gasteiger partial charge in [-0.3, -0.25) is 4.84 Å². The van der Waals surface area contributed by atoms with Crippen LogP contribution >= 0.6 is 0 Å². The molecule has 0 aliphatic heterocycles. The molecule has 0 aliphatic carbocycles. The molecule has 0 spiro atoms. The third-order valence-electron chi connectivity index (χ3n) is 2.86. The predicted octanol–water partition coefficient (Wildman–Crippen LogP) is -0.184. The largest absolute Gasteiger partial charge is 0.353 e. The zero-order chi connectivity index (χ0) is 16.5. The first-order chi connectivity index (χ1) is 10.4. The van der Waals surface area contributed by atoms with E-state index in [1.807, 2.05) is 28.2 Å². The standard InChI is InChI=1S/C13H28N8O/c1-19(2)9-7-14-11-16-12(15-8-10-20(3)4)18-13(17-11)21(5)22-6/h7-10H2,1-6H3,(H2,14,15,16,17,18). The van der Waals surface area contributed by atoms with Gasteiger partial charge in [0, 0.05) is 33.2 Å². The van der Waals surface area contributed by atoms with Gasteiger partial charge in [-0.1, -0.05) is 0 Å². The van der Waals surface area contributed by atoms with Gasteiger partial charge in [-0.2, -0.15) is 15.0 Å². The van der Waals surface area contributed by atoms with Crippen molar-refractivity contribution >= 4 is 17.8 Å². The fourth-order valence-corrected chi connectivity index (χ4v) is 1.53. The van der Waals surface area contributed by atoms with Crippen LogP contribution in [0, 0.1) is 0 Å². The summed E-state index contributed by atoms with van der Waals surface area (Å²) < 4.78 is 0. The van der Waals surface area contributed by atoms with E-state index in [2.05, 4.69) is 35.4 Å². The van der Waals surface area contributed by atoms with Crippen molar-refractivity contribution in [1.82, 2.24) is 24.8 Å². The van der Waals surface area contributed by atoms with Gasteiger partial charge in [0.2, 0.25) is 11.9 Å². The quantitative estimate of drug-likeness (QED) is 0.572. The lowest BCUT2D eigenvalue weighted by Gasteiger charge is -2.17. The van der Waals surface area contributed by atoms with Crippen LogP contribution in [0.25, 0.3) is 0 Å². The first-order valence-corrected chi connectivity index (χ1v) is 7.23. The second-order valence-corrected chi connectivity index (χ2v) is 5.42. The number of hydrogen-bond acceptors (Lipinski definition) is 9. The Labute approximate surface area is 132 Å². The van der Waals surface area contributed by atoms with Crippen LogP contribution < -0.4 is 15.7 Å². The Kier molecular flexibility index (Phi) is 7.78. The molecule has 1 heterocycles. The normalized spacial score (nSPS) is 11.1. The molecule has 0 unspecified atom stereocenters. The lowest BCUT2D eigenvalue weighted by atomic mass is 10.5. The van der Waals surface area contributed by atoms with Crippen LogP contribution in [0.15, 0.2) is 0 Å². The van der Waals surface area contributed by atoms with Gasteiger partial charge in [-0.15, -0.1) is 0 Å². The van der Waals surface area contributed by atoms with E-state index in [1.165, 1.54) is 5.06 Å². The van der Waals surface area contributed by atoms with E-state index in [-0.39, 0.29) is 0 Å². The SMILES string of the molecule is CON(C)c1nc(NCCN(C)C)nc(NCCN(C)C)n1. The maximum atomic E-state index is 5.14. The molecule has 126 valence electrons. The highest BCUT2D eigenvalue weighted by Crippen LogP contribution is 2.12. The first kappa shape index (κ1) is 18.3. The van der Waals surface area contributed by atoms with Gasteiger partial charge in [-0.05, 0) is 28.2 Å². The Morgan fingerprint density at radius 3 is 1.64 bits per heavy atom. The van der Waals surface area contributed by atoms with Gasteiger partial charge in [0.1, 0.15) is 0 Å². The average molecular weight is 312 g/mol. The summed E-state index contributed by atoms with van der Waals surface area (Å²) in [5, 5.41) is 7.89. The van der Waals surface area contributed by atoms with Gasteiger partial charge in [0.15, 0.2) is 0 Å². The Morgan fingerprint density at radius 2 is 1.27 bits per heavy atom. The molecule has 0 saturated heterocycles. The summed E-state index contributed by atoms with van der Waals surface area (Å²) in [6.45, 7) is 3.30. The molecule has 0 fully saturated rings. The Balaban J connectivity index is 2.76. The summed E-state index contributed by atoms with van der Waals surface area (Å²) in [5.74, 6) is 1.52. The molecule has 9 heteroatoms. The first-order valence-electron chi connectivity index (χ1n) is 7.23. The molecule has 0 bridgehead atoms. The summed E-state index contributed by atoms with van der Waals surface area (Å²) in [4.78, 5) is 22.4. The molecule has 9 nitrogen and oxygen atoms in total. The summed E-state index contributed by atoms with van der Waals surface area (Å²) in [6.07, 6.45) is 0. The second kappa shape index (κ2) is 9.34. The summed E-state index contributed by atoms with van der Waals surface area (Å²) in [7, 11) is 11.4. The number of nitrogens with zero attached hydrogens (tertiary/aromatic N) is 6. The number of likely N-dealkylation sites (N-methyl/N-ethyl adjacent to an activating group) is 2. The predicted molar refractivity (Wildman–Crippen MR) is 89.3 cm³/mol. The number of rotatable bonds is 10. The molecule has 1 aromatic heterocycles.